The molecule has 44 nitrogen and oxygen atoms in total. The van der Waals surface area contributed by atoms with Crippen molar-refractivity contribution in [2.45, 2.75) is 441 Å². The van der Waals surface area contributed by atoms with Crippen molar-refractivity contribution < 1.29 is 198 Å². The van der Waals surface area contributed by atoms with E-state index in [0.717, 1.165) is 71.6 Å². The number of allylic oxidation sites excluding steroid dienone is 1. The van der Waals surface area contributed by atoms with Crippen LogP contribution in [0.1, 0.15) is 233 Å². The van der Waals surface area contributed by atoms with Gasteiger partial charge in [0, 0.05) is 33.1 Å². The van der Waals surface area contributed by atoms with Crippen LogP contribution in [-0.2, 0) is 85.6 Å². The number of amides is 4. The van der Waals surface area contributed by atoms with Gasteiger partial charge in [0.05, 0.1) is 82.7 Å². The number of aliphatic hydroxyl groups is 20. The van der Waals surface area contributed by atoms with Crippen molar-refractivity contribution >= 4 is 35.6 Å². The first-order valence-corrected chi connectivity index (χ1v) is 46.4. The lowest BCUT2D eigenvalue weighted by Gasteiger charge is -2.52. The maximum atomic E-state index is 13.7. The van der Waals surface area contributed by atoms with Crippen LogP contribution in [0.5, 0.6) is 0 Å². The molecular formula is C86H152N4O40. The van der Waals surface area contributed by atoms with Gasteiger partial charge < -0.3 is 190 Å². The van der Waals surface area contributed by atoms with Crippen LogP contribution in [0.3, 0.4) is 0 Å². The Labute approximate surface area is 757 Å². The van der Waals surface area contributed by atoms with Crippen LogP contribution in [0.25, 0.3) is 0 Å². The van der Waals surface area contributed by atoms with E-state index >= 15 is 0 Å². The van der Waals surface area contributed by atoms with Crippen molar-refractivity contribution in [2.75, 3.05) is 52.9 Å². The van der Waals surface area contributed by atoms with Crippen molar-refractivity contribution in [3.05, 3.63) is 12.2 Å². The van der Waals surface area contributed by atoms with Gasteiger partial charge in [-0.1, -0.05) is 193 Å². The highest BCUT2D eigenvalue weighted by Crippen LogP contribution is 2.42. The van der Waals surface area contributed by atoms with E-state index < -0.39 is 303 Å². The highest BCUT2D eigenvalue weighted by molar-refractivity contribution is 5.79. The minimum Gasteiger partial charge on any atom is -0.477 e. The predicted molar refractivity (Wildman–Crippen MR) is 450 cm³/mol. The Morgan fingerprint density at radius 3 is 1.29 bits per heavy atom. The molecule has 6 heterocycles. The molecule has 6 rings (SSSR count). The maximum Gasteiger partial charge on any atom is 0.364 e. The Morgan fingerprint density at radius 2 is 0.831 bits per heavy atom. The number of carbonyl (C=O) groups is 6. The van der Waals surface area contributed by atoms with Crippen LogP contribution in [-0.4, -0.2) is 408 Å². The lowest BCUT2D eigenvalue weighted by atomic mass is 9.87. The van der Waals surface area contributed by atoms with E-state index in [1.807, 2.05) is 6.08 Å². The summed E-state index contributed by atoms with van der Waals surface area (Å²) in [4.78, 5) is 78.7. The molecule has 4 amide bonds. The summed E-state index contributed by atoms with van der Waals surface area (Å²) < 4.78 is 70.5. The lowest BCUT2D eigenvalue weighted by Crippen LogP contribution is -2.72. The summed E-state index contributed by atoms with van der Waals surface area (Å²) in [6.07, 6.45) is -27.1. The van der Waals surface area contributed by atoms with Crippen molar-refractivity contribution in [1.29, 1.82) is 0 Å². The summed E-state index contributed by atoms with van der Waals surface area (Å²) in [5, 5.41) is 256. The fourth-order valence-corrected chi connectivity index (χ4v) is 17.3. The first-order valence-electron chi connectivity index (χ1n) is 46.4. The third kappa shape index (κ3) is 33.6. The molecule has 0 radical (unpaired) electrons. The van der Waals surface area contributed by atoms with E-state index in [1.54, 1.807) is 6.08 Å². The van der Waals surface area contributed by atoms with Crippen molar-refractivity contribution in [2.24, 2.45) is 0 Å². The molecule has 34 atom stereocenters. The standard InChI is InChI=1S/C86H152N4O40/c1-5-7-9-11-13-15-17-19-20-21-22-24-26-28-30-32-34-36-59(104)89-49(50(100)35-33-31-29-27-25-23-18-16-14-12-10-8-6-2)46-119-80-70(112)69(111)74(58(44-96)123-80)125-81-71(113)77(65(107)54(40-92)120-81)126-79-63(88-48(4)99)68(110)73(57(43-95)122-79)124-82-72(114)78(66(108)55(41-93)121-82)130-86(84(117)118)38-52(102)62(90-60(105)45-97)76(129-86)67(109)56(42-94)127-85(83(115)116)37-51(101)61(87-47(3)98)75(128-85)64(106)53(103)39-91/h33,35,49-58,61-82,91-97,100-103,106-114H,5-32,34,36-46H2,1-4H3,(H,87,98)(H,88,99)(H,89,104)(H,90,105)(H,115,116)(H,117,118)/b35-33+/t49-,50+,51?,52?,53+,54?,55?,56+,57?,58?,61+,62+,63?,64+,65-,66-,67+,68+,69+,70?,71?,72?,73+,74+,75?,76?,77-,78-,79-,80+,81-,82-,85+,86-/m0/s1. The minimum absolute atomic E-state index is 0.143. The molecule has 130 heavy (non-hydrogen) atoms. The highest BCUT2D eigenvalue weighted by Gasteiger charge is 2.64. The summed E-state index contributed by atoms with van der Waals surface area (Å²) in [5.41, 5.74) is 0. The van der Waals surface area contributed by atoms with Gasteiger partial charge in [0.2, 0.25) is 23.6 Å². The van der Waals surface area contributed by atoms with E-state index in [0.29, 0.717) is 12.8 Å². The molecule has 0 aromatic rings. The van der Waals surface area contributed by atoms with Crippen LogP contribution in [0.4, 0.5) is 0 Å². The van der Waals surface area contributed by atoms with E-state index in [9.17, 15) is 141 Å². The molecule has 26 N–H and O–H groups in total. The van der Waals surface area contributed by atoms with Crippen LogP contribution in [0.2, 0.25) is 0 Å². The Bertz CT molecular complexity index is 3260. The van der Waals surface area contributed by atoms with Crippen LogP contribution >= 0.6 is 0 Å². The molecule has 0 bridgehead atoms. The topological polar surface area (TPSA) is 706 Å². The van der Waals surface area contributed by atoms with E-state index in [-0.39, 0.29) is 12.3 Å². The molecule has 44 heteroatoms. The average molecular weight is 1880 g/mol. The van der Waals surface area contributed by atoms with Crippen LogP contribution in [0.15, 0.2) is 12.2 Å². The van der Waals surface area contributed by atoms with Gasteiger partial charge in [0.15, 0.2) is 25.2 Å². The number of unbranched alkanes of at least 4 members (excludes halogenated alkanes) is 27. The number of hydrogen-bond donors (Lipinski definition) is 26. The molecule has 0 spiro atoms. The van der Waals surface area contributed by atoms with Crippen molar-refractivity contribution in [1.82, 2.24) is 21.3 Å². The van der Waals surface area contributed by atoms with Gasteiger partial charge in [-0.25, -0.2) is 9.59 Å². The second-order valence-corrected chi connectivity index (χ2v) is 35.0. The zero-order chi connectivity index (χ0) is 96.0. The number of nitrogens with one attached hydrogen (secondary N) is 4. The molecule has 6 aliphatic heterocycles. The fraction of sp³-hybridized carbons (Fsp3) is 0.907. The number of carboxylic acids is 2. The van der Waals surface area contributed by atoms with Gasteiger partial charge in [-0.15, -0.1) is 0 Å². The zero-order valence-corrected chi connectivity index (χ0v) is 75.1. The van der Waals surface area contributed by atoms with Gasteiger partial charge in [0.1, 0.15) is 141 Å². The molecule has 0 aliphatic carbocycles. The van der Waals surface area contributed by atoms with E-state index in [1.165, 1.54) is 116 Å². The second kappa shape index (κ2) is 58.8. The van der Waals surface area contributed by atoms with Gasteiger partial charge in [-0.05, 0) is 19.3 Å². The van der Waals surface area contributed by atoms with Crippen LogP contribution < -0.4 is 21.3 Å². The second-order valence-electron chi connectivity index (χ2n) is 35.0. The smallest absolute Gasteiger partial charge is 0.364 e. The molecule has 12 unspecified atom stereocenters. The number of hydrogen-bond acceptors (Lipinski definition) is 38. The molecule has 0 saturated carbocycles. The molecular weight excluding hydrogens is 1730 g/mol. The number of carbonyl (C=O) groups excluding carboxylic acids is 4. The summed E-state index contributed by atoms with van der Waals surface area (Å²) in [6.45, 7) is -2.91. The summed E-state index contributed by atoms with van der Waals surface area (Å²) in [6, 6.07) is -7.04. The zero-order valence-electron chi connectivity index (χ0n) is 75.1. The first kappa shape index (κ1) is 114. The molecule has 6 fully saturated rings. The quantitative estimate of drug-likeness (QED) is 0.0203. The minimum atomic E-state index is -3.57. The third-order valence-corrected chi connectivity index (χ3v) is 24.7. The van der Waals surface area contributed by atoms with Gasteiger partial charge >= 0.3 is 11.9 Å². The van der Waals surface area contributed by atoms with Gasteiger partial charge in [-0.2, -0.15) is 0 Å². The van der Waals surface area contributed by atoms with Crippen LogP contribution in [0, 0.1) is 0 Å². The monoisotopic (exact) mass is 1880 g/mol. The normalized spacial score (nSPS) is 34.6. The Kier molecular flexibility index (Phi) is 51.5. The Morgan fingerprint density at radius 1 is 0.423 bits per heavy atom. The summed E-state index contributed by atoms with van der Waals surface area (Å²) in [5.74, 6) is -15.1. The largest absolute Gasteiger partial charge is 0.477 e. The highest BCUT2D eigenvalue weighted by atomic mass is 16.8. The molecule has 6 saturated heterocycles. The Balaban J connectivity index is 1.15. The Hall–Kier alpha value is -4.72. The van der Waals surface area contributed by atoms with Gasteiger partial charge in [0.25, 0.3) is 11.6 Å². The van der Waals surface area contributed by atoms with E-state index in [4.69, 9.17) is 56.8 Å². The number of carboxylic acid groups (broad SMARTS) is 2. The average Bonchev–Trinajstić information content (AvgIpc) is 0.746. The number of rotatable bonds is 62. The lowest BCUT2D eigenvalue weighted by molar-refractivity contribution is -0.391. The number of aliphatic hydroxyl groups excluding tert-OH is 20. The van der Waals surface area contributed by atoms with Crippen molar-refractivity contribution in [3.8, 4) is 0 Å². The number of aliphatic carboxylic acids is 2. The summed E-state index contributed by atoms with van der Waals surface area (Å²) in [7, 11) is 0. The molecule has 0 aromatic heterocycles. The SMILES string of the molecule is CCCCCCCCCCCCC/C=C/[C@@H](O)[C@H](CO[C@@H]1OC(CO)[C@@H](O[C@@H]2OC(CO)[C@H](O)[C@H](O[C@@H]3OC(CO)[C@@H](O[C@@H]4OC(CO)[C@H](O)[C@H](O[C@]5(C(=O)O)CC(O)[C@@H](NC(=O)CO)C([C@H](O)[C@@H](CO)O[C@]6(C(=O)O)CC(O)[C@@H](NC(C)=O)C([C@H](O)[C@H](O)CO)O6)O5)C4O)[C@H](O)C3NC(C)=O)C2O)[C@H](O)C1O)NC(=O)CCCCCCCCCCCCCCCCCCC. The van der Waals surface area contributed by atoms with E-state index in [2.05, 4.69) is 35.1 Å². The predicted octanol–water partition coefficient (Wildman–Crippen LogP) is -4.12. The molecule has 756 valence electrons. The number of ether oxygens (including phenoxy) is 12. The first-order chi connectivity index (χ1) is 62.1. The fourth-order valence-electron chi connectivity index (χ4n) is 17.3. The maximum absolute atomic E-state index is 13.7. The van der Waals surface area contributed by atoms with Crippen molar-refractivity contribution in [3.63, 3.8) is 0 Å². The molecule has 0 aromatic carbocycles. The van der Waals surface area contributed by atoms with Gasteiger partial charge in [-0.3, -0.25) is 19.2 Å². The molecule has 6 aliphatic rings. The third-order valence-electron chi connectivity index (χ3n) is 24.7. The summed E-state index contributed by atoms with van der Waals surface area (Å²) >= 11 is 0.